The van der Waals surface area contributed by atoms with Crippen LogP contribution in [0.4, 0.5) is 4.39 Å². The third-order valence-electron chi connectivity index (χ3n) is 3.17. The van der Waals surface area contributed by atoms with Crippen LogP contribution < -0.4 is 4.74 Å². The second-order valence-electron chi connectivity index (χ2n) is 4.47. The van der Waals surface area contributed by atoms with Crippen LogP contribution in [0.2, 0.25) is 0 Å². The normalized spacial score (nSPS) is 18.7. The fraction of sp³-hybridized carbons (Fsp3) is 0.385. The number of aliphatic carboxylic acids is 1. The maximum absolute atomic E-state index is 13.2. The van der Waals surface area contributed by atoms with Crippen LogP contribution in [0.3, 0.4) is 0 Å². The molecule has 19 heavy (non-hydrogen) atoms. The first-order valence-electron chi connectivity index (χ1n) is 5.84. The third kappa shape index (κ3) is 2.83. The van der Waals surface area contributed by atoms with Gasteiger partial charge in [-0.15, -0.1) is 0 Å². The van der Waals surface area contributed by atoms with E-state index in [0.717, 1.165) is 0 Å². The summed E-state index contributed by atoms with van der Waals surface area (Å²) >= 11 is 0. The number of nitrogens with zero attached hydrogens (tertiary/aromatic N) is 1. The molecule has 1 saturated heterocycles. The van der Waals surface area contributed by atoms with Crippen LogP contribution in [0.5, 0.6) is 5.75 Å². The molecule has 6 heteroatoms. The van der Waals surface area contributed by atoms with Gasteiger partial charge >= 0.3 is 5.97 Å². The number of carbonyl (C=O) groups excluding carboxylic acids is 1. The Kier molecular flexibility index (Phi) is 3.69. The van der Waals surface area contributed by atoms with Crippen LogP contribution in [0, 0.1) is 11.7 Å². The van der Waals surface area contributed by atoms with E-state index in [0.29, 0.717) is 11.3 Å². The summed E-state index contributed by atoms with van der Waals surface area (Å²) in [6.07, 6.45) is -0.00698. The summed E-state index contributed by atoms with van der Waals surface area (Å²) < 4.78 is 18.3. The highest BCUT2D eigenvalue weighted by Gasteiger charge is 2.34. The summed E-state index contributed by atoms with van der Waals surface area (Å²) in [4.78, 5) is 24.0. The van der Waals surface area contributed by atoms with E-state index < -0.39 is 17.7 Å². The predicted molar refractivity (Wildman–Crippen MR) is 64.1 cm³/mol. The van der Waals surface area contributed by atoms with E-state index in [1.165, 1.54) is 30.2 Å². The van der Waals surface area contributed by atoms with E-state index in [4.69, 9.17) is 9.84 Å². The van der Waals surface area contributed by atoms with E-state index in [1.54, 1.807) is 0 Å². The number of amides is 1. The summed E-state index contributed by atoms with van der Waals surface area (Å²) in [5.41, 5.74) is 0.530. The lowest BCUT2D eigenvalue weighted by Crippen LogP contribution is -2.26. The predicted octanol–water partition coefficient (Wildman–Crippen LogP) is 1.27. The molecule has 1 unspecified atom stereocenters. The van der Waals surface area contributed by atoms with Gasteiger partial charge in [-0.05, 0) is 18.2 Å². The third-order valence-corrected chi connectivity index (χ3v) is 3.17. The molecule has 1 heterocycles. The van der Waals surface area contributed by atoms with Gasteiger partial charge in [-0.1, -0.05) is 0 Å². The van der Waals surface area contributed by atoms with E-state index >= 15 is 0 Å². The Morgan fingerprint density at radius 1 is 1.58 bits per heavy atom. The zero-order valence-corrected chi connectivity index (χ0v) is 10.4. The Morgan fingerprint density at radius 2 is 2.32 bits per heavy atom. The van der Waals surface area contributed by atoms with Crippen molar-refractivity contribution < 1.29 is 23.8 Å². The van der Waals surface area contributed by atoms with Crippen LogP contribution in [-0.2, 0) is 16.1 Å². The first kappa shape index (κ1) is 13.3. The number of carboxylic acids is 1. The van der Waals surface area contributed by atoms with Gasteiger partial charge in [-0.3, -0.25) is 9.59 Å². The Morgan fingerprint density at radius 3 is 2.89 bits per heavy atom. The van der Waals surface area contributed by atoms with Crippen molar-refractivity contribution in [2.75, 3.05) is 13.7 Å². The average molecular weight is 267 g/mol. The van der Waals surface area contributed by atoms with Crippen LogP contribution >= 0.6 is 0 Å². The molecule has 2 rings (SSSR count). The monoisotopic (exact) mass is 267 g/mol. The summed E-state index contributed by atoms with van der Waals surface area (Å²) in [6, 6.07) is 4.05. The molecule has 1 aromatic carbocycles. The van der Waals surface area contributed by atoms with E-state index in [2.05, 4.69) is 0 Å². The largest absolute Gasteiger partial charge is 0.496 e. The van der Waals surface area contributed by atoms with Gasteiger partial charge in [0.05, 0.1) is 13.0 Å². The molecular weight excluding hydrogens is 253 g/mol. The molecule has 0 radical (unpaired) electrons. The topological polar surface area (TPSA) is 66.8 Å². The maximum Gasteiger partial charge on any atom is 0.308 e. The minimum absolute atomic E-state index is 0.00698. The first-order valence-corrected chi connectivity index (χ1v) is 5.84. The maximum atomic E-state index is 13.2. The van der Waals surface area contributed by atoms with Gasteiger partial charge in [0.2, 0.25) is 5.91 Å². The summed E-state index contributed by atoms with van der Waals surface area (Å²) in [6.45, 7) is 0.303. The number of benzene rings is 1. The zero-order valence-electron chi connectivity index (χ0n) is 10.4. The van der Waals surface area contributed by atoms with Crippen molar-refractivity contribution in [1.82, 2.24) is 4.90 Å². The molecule has 1 aliphatic rings. The van der Waals surface area contributed by atoms with Gasteiger partial charge in [0.25, 0.3) is 0 Å². The molecule has 0 saturated carbocycles. The number of carbonyl (C=O) groups is 2. The summed E-state index contributed by atoms with van der Waals surface area (Å²) in [5, 5.41) is 8.90. The number of carboxylic acid groups (broad SMARTS) is 1. The number of rotatable bonds is 4. The molecule has 0 aliphatic carbocycles. The van der Waals surface area contributed by atoms with Crippen molar-refractivity contribution in [3.05, 3.63) is 29.6 Å². The number of halogens is 1. The van der Waals surface area contributed by atoms with Crippen molar-refractivity contribution in [2.45, 2.75) is 13.0 Å². The van der Waals surface area contributed by atoms with Crippen LogP contribution in [0.15, 0.2) is 18.2 Å². The SMILES string of the molecule is COc1ccc(F)cc1CN1CC(C(=O)O)CC1=O. The van der Waals surface area contributed by atoms with Gasteiger partial charge in [-0.2, -0.15) is 0 Å². The fourth-order valence-corrected chi connectivity index (χ4v) is 2.17. The van der Waals surface area contributed by atoms with Gasteiger partial charge < -0.3 is 14.7 Å². The molecule has 1 aliphatic heterocycles. The standard InChI is InChI=1S/C13H14FNO4/c1-19-11-3-2-10(14)4-8(11)6-15-7-9(13(17)18)5-12(15)16/h2-4,9H,5-7H2,1H3,(H,17,18). The van der Waals surface area contributed by atoms with E-state index in [1.807, 2.05) is 0 Å². The number of methoxy groups -OCH3 is 1. The minimum Gasteiger partial charge on any atom is -0.496 e. The smallest absolute Gasteiger partial charge is 0.308 e. The molecule has 1 fully saturated rings. The fourth-order valence-electron chi connectivity index (χ4n) is 2.17. The molecule has 1 aromatic rings. The highest BCUT2D eigenvalue weighted by Crippen LogP contribution is 2.25. The molecule has 1 N–H and O–H groups in total. The quantitative estimate of drug-likeness (QED) is 0.892. The summed E-state index contributed by atoms with van der Waals surface area (Å²) in [5.74, 6) is -1.85. The lowest BCUT2D eigenvalue weighted by Gasteiger charge is -2.18. The molecule has 102 valence electrons. The van der Waals surface area contributed by atoms with Crippen molar-refractivity contribution in [3.63, 3.8) is 0 Å². The lowest BCUT2D eigenvalue weighted by molar-refractivity contribution is -0.141. The Bertz CT molecular complexity index is 517. The Hall–Kier alpha value is -2.11. The molecule has 0 spiro atoms. The zero-order chi connectivity index (χ0) is 14.0. The van der Waals surface area contributed by atoms with Crippen molar-refractivity contribution in [3.8, 4) is 5.75 Å². The van der Waals surface area contributed by atoms with E-state index in [-0.39, 0.29) is 25.4 Å². The average Bonchev–Trinajstić information content (AvgIpc) is 2.72. The van der Waals surface area contributed by atoms with Gasteiger partial charge in [0.15, 0.2) is 0 Å². The van der Waals surface area contributed by atoms with Crippen LogP contribution in [0.1, 0.15) is 12.0 Å². The molecule has 5 nitrogen and oxygen atoms in total. The number of hydrogen-bond acceptors (Lipinski definition) is 3. The second kappa shape index (κ2) is 5.26. The second-order valence-corrected chi connectivity index (χ2v) is 4.47. The molecular formula is C13H14FNO4. The van der Waals surface area contributed by atoms with Crippen molar-refractivity contribution >= 4 is 11.9 Å². The van der Waals surface area contributed by atoms with Crippen molar-refractivity contribution in [2.24, 2.45) is 5.92 Å². The molecule has 1 amide bonds. The summed E-state index contributed by atoms with van der Waals surface area (Å²) in [7, 11) is 1.46. The van der Waals surface area contributed by atoms with Gasteiger partial charge in [0.1, 0.15) is 11.6 Å². The van der Waals surface area contributed by atoms with Crippen LogP contribution in [0.25, 0.3) is 0 Å². The van der Waals surface area contributed by atoms with Crippen LogP contribution in [-0.4, -0.2) is 35.5 Å². The molecule has 0 bridgehead atoms. The molecule has 0 aromatic heterocycles. The lowest BCUT2D eigenvalue weighted by atomic mass is 10.1. The minimum atomic E-state index is -0.984. The number of hydrogen-bond donors (Lipinski definition) is 1. The first-order chi connectivity index (χ1) is 9.01. The number of ether oxygens (including phenoxy) is 1. The van der Waals surface area contributed by atoms with E-state index in [9.17, 15) is 14.0 Å². The highest BCUT2D eigenvalue weighted by molar-refractivity contribution is 5.86. The molecule has 1 atom stereocenters. The Balaban J connectivity index is 2.15. The Labute approximate surface area is 109 Å². The van der Waals surface area contributed by atoms with Gasteiger partial charge in [-0.25, -0.2) is 4.39 Å². The highest BCUT2D eigenvalue weighted by atomic mass is 19.1. The van der Waals surface area contributed by atoms with Gasteiger partial charge in [0, 0.05) is 25.1 Å². The van der Waals surface area contributed by atoms with Crippen molar-refractivity contribution in [1.29, 1.82) is 0 Å². The number of likely N-dealkylation sites (tertiary alicyclic amines) is 1.